The third kappa shape index (κ3) is 3.00. The van der Waals surface area contributed by atoms with Gasteiger partial charge in [0.25, 0.3) is 0 Å². The van der Waals surface area contributed by atoms with E-state index in [4.69, 9.17) is 19.6 Å². The van der Waals surface area contributed by atoms with Crippen LogP contribution in [0.2, 0.25) is 0 Å². The summed E-state index contributed by atoms with van der Waals surface area (Å²) in [6, 6.07) is 3.67. The van der Waals surface area contributed by atoms with Crippen molar-refractivity contribution in [2.75, 3.05) is 14.2 Å². The summed E-state index contributed by atoms with van der Waals surface area (Å²) in [7, 11) is 3.04. The van der Waals surface area contributed by atoms with Gasteiger partial charge in [0, 0.05) is 29.7 Å². The van der Waals surface area contributed by atoms with E-state index in [2.05, 4.69) is 15.0 Å². The monoisotopic (exact) mass is 312 g/mol. The second kappa shape index (κ2) is 6.45. The molecule has 0 saturated heterocycles. The molecule has 1 unspecified atom stereocenters. The van der Waals surface area contributed by atoms with Crippen molar-refractivity contribution in [3.8, 4) is 23.0 Å². The van der Waals surface area contributed by atoms with Crippen LogP contribution in [-0.4, -0.2) is 29.2 Å². The maximum atomic E-state index is 6.24. The molecule has 3 aromatic heterocycles. The third-order valence-corrected chi connectivity index (χ3v) is 3.44. The zero-order valence-electron chi connectivity index (χ0n) is 12.8. The van der Waals surface area contributed by atoms with E-state index in [1.54, 1.807) is 38.2 Å². The second-order valence-corrected chi connectivity index (χ2v) is 4.82. The Balaban J connectivity index is 2.00. The van der Waals surface area contributed by atoms with Crippen LogP contribution in [0, 0.1) is 0 Å². The lowest BCUT2D eigenvalue weighted by atomic mass is 10.0. The highest BCUT2D eigenvalue weighted by atomic mass is 16.5. The van der Waals surface area contributed by atoms with E-state index in [-0.39, 0.29) is 12.1 Å². The number of methoxy groups -OCH3 is 2. The Morgan fingerprint density at radius 1 is 1.13 bits per heavy atom. The molecule has 2 N–H and O–H groups in total. The maximum Gasteiger partial charge on any atom is 0.319 e. The molecule has 7 nitrogen and oxygen atoms in total. The maximum absolute atomic E-state index is 6.24. The number of nitrogens with zero attached hydrogens (tertiary/aromatic N) is 3. The van der Waals surface area contributed by atoms with Crippen molar-refractivity contribution < 1.29 is 13.9 Å². The zero-order valence-corrected chi connectivity index (χ0v) is 12.8. The Bertz CT molecular complexity index is 790. The Morgan fingerprint density at radius 2 is 2.00 bits per heavy atom. The number of aromatic nitrogens is 3. The normalized spacial score (nSPS) is 12.0. The van der Waals surface area contributed by atoms with Crippen LogP contribution in [0.1, 0.15) is 17.2 Å². The van der Waals surface area contributed by atoms with Crippen LogP contribution in [0.4, 0.5) is 0 Å². The summed E-state index contributed by atoms with van der Waals surface area (Å²) in [5, 5.41) is 0. The van der Waals surface area contributed by atoms with Crippen LogP contribution >= 0.6 is 0 Å². The molecule has 0 aliphatic carbocycles. The van der Waals surface area contributed by atoms with E-state index in [0.29, 0.717) is 11.4 Å². The summed E-state index contributed by atoms with van der Waals surface area (Å²) < 4.78 is 15.4. The van der Waals surface area contributed by atoms with Gasteiger partial charge in [-0.25, -0.2) is 4.98 Å². The molecule has 0 aliphatic heterocycles. The fourth-order valence-electron chi connectivity index (χ4n) is 2.22. The van der Waals surface area contributed by atoms with E-state index in [9.17, 15) is 0 Å². The third-order valence-electron chi connectivity index (χ3n) is 3.44. The van der Waals surface area contributed by atoms with Crippen LogP contribution in [0.25, 0.3) is 11.1 Å². The van der Waals surface area contributed by atoms with E-state index < -0.39 is 0 Å². The van der Waals surface area contributed by atoms with E-state index in [0.717, 1.165) is 16.7 Å². The molecule has 3 heterocycles. The minimum Gasteiger partial charge on any atom is -0.480 e. The topological polar surface area (TPSA) is 96.3 Å². The smallest absolute Gasteiger partial charge is 0.319 e. The zero-order chi connectivity index (χ0) is 16.2. The van der Waals surface area contributed by atoms with Gasteiger partial charge in [0.15, 0.2) is 0 Å². The molecule has 7 heteroatoms. The predicted octanol–water partition coefficient (Wildman–Crippen LogP) is 2.20. The Labute approximate surface area is 133 Å². The van der Waals surface area contributed by atoms with Crippen LogP contribution in [-0.2, 0) is 0 Å². The van der Waals surface area contributed by atoms with Crippen molar-refractivity contribution in [1.82, 2.24) is 15.0 Å². The summed E-state index contributed by atoms with van der Waals surface area (Å²) in [6.45, 7) is 0. The van der Waals surface area contributed by atoms with Gasteiger partial charge in [0.2, 0.25) is 5.88 Å². The number of hydrogen-bond donors (Lipinski definition) is 1. The van der Waals surface area contributed by atoms with Gasteiger partial charge in [-0.2, -0.15) is 4.98 Å². The number of furan rings is 1. The van der Waals surface area contributed by atoms with E-state index in [1.807, 2.05) is 12.1 Å². The van der Waals surface area contributed by atoms with Crippen LogP contribution in [0.3, 0.4) is 0 Å². The molecule has 3 rings (SSSR count). The first-order valence-corrected chi connectivity index (χ1v) is 6.91. The molecule has 0 radical (unpaired) electrons. The molecule has 118 valence electrons. The summed E-state index contributed by atoms with van der Waals surface area (Å²) in [6.07, 6.45) is 8.27. The molecular formula is C16H16N4O3. The summed E-state index contributed by atoms with van der Waals surface area (Å²) in [4.78, 5) is 12.6. The summed E-state index contributed by atoms with van der Waals surface area (Å²) in [5.41, 5.74) is 9.48. The molecule has 3 aromatic rings. The van der Waals surface area contributed by atoms with Gasteiger partial charge in [-0.1, -0.05) is 0 Å². The van der Waals surface area contributed by atoms with Crippen LogP contribution < -0.4 is 15.2 Å². The molecule has 0 amide bonds. The number of ether oxygens (including phenoxy) is 2. The highest BCUT2D eigenvalue weighted by Crippen LogP contribution is 2.30. The van der Waals surface area contributed by atoms with Crippen molar-refractivity contribution in [3.05, 3.63) is 54.4 Å². The Kier molecular flexibility index (Phi) is 4.20. The molecule has 0 saturated carbocycles. The number of rotatable bonds is 5. The summed E-state index contributed by atoms with van der Waals surface area (Å²) >= 11 is 0. The highest BCUT2D eigenvalue weighted by Gasteiger charge is 2.15. The van der Waals surface area contributed by atoms with Crippen LogP contribution in [0.15, 0.2) is 47.7 Å². The average molecular weight is 312 g/mol. The molecule has 0 aliphatic rings. The van der Waals surface area contributed by atoms with E-state index in [1.165, 1.54) is 7.11 Å². The van der Waals surface area contributed by atoms with Gasteiger partial charge in [0.1, 0.15) is 0 Å². The first-order chi connectivity index (χ1) is 11.2. The van der Waals surface area contributed by atoms with Crippen molar-refractivity contribution in [2.24, 2.45) is 5.73 Å². The van der Waals surface area contributed by atoms with Gasteiger partial charge in [-0.15, -0.1) is 0 Å². The summed E-state index contributed by atoms with van der Waals surface area (Å²) in [5.74, 6) is 0.410. The first-order valence-electron chi connectivity index (χ1n) is 6.91. The SMILES string of the molecule is COc1ncc(-c2cncc(C(N)c3ccoc3)c2)c(OC)n1. The minimum atomic E-state index is -0.327. The second-order valence-electron chi connectivity index (χ2n) is 4.82. The van der Waals surface area contributed by atoms with Crippen molar-refractivity contribution in [2.45, 2.75) is 6.04 Å². The Hall–Kier alpha value is -2.93. The fourth-order valence-corrected chi connectivity index (χ4v) is 2.22. The molecule has 0 fully saturated rings. The lowest BCUT2D eigenvalue weighted by Crippen LogP contribution is -2.11. The quantitative estimate of drug-likeness (QED) is 0.771. The van der Waals surface area contributed by atoms with Gasteiger partial charge < -0.3 is 19.6 Å². The highest BCUT2D eigenvalue weighted by molar-refractivity contribution is 5.67. The molecule has 0 spiro atoms. The van der Waals surface area contributed by atoms with Gasteiger partial charge in [-0.05, 0) is 17.7 Å². The van der Waals surface area contributed by atoms with Crippen molar-refractivity contribution in [3.63, 3.8) is 0 Å². The van der Waals surface area contributed by atoms with Crippen LogP contribution in [0.5, 0.6) is 11.9 Å². The lowest BCUT2D eigenvalue weighted by molar-refractivity contribution is 0.353. The van der Waals surface area contributed by atoms with Gasteiger partial charge >= 0.3 is 6.01 Å². The van der Waals surface area contributed by atoms with Crippen molar-refractivity contribution in [1.29, 1.82) is 0 Å². The molecule has 23 heavy (non-hydrogen) atoms. The molecule has 0 aromatic carbocycles. The number of nitrogens with two attached hydrogens (primary N) is 1. The van der Waals surface area contributed by atoms with Gasteiger partial charge in [0.05, 0.1) is 38.4 Å². The molecular weight excluding hydrogens is 296 g/mol. The fraction of sp³-hybridized carbons (Fsp3) is 0.188. The predicted molar refractivity (Wildman–Crippen MR) is 83.1 cm³/mol. The standard InChI is InChI=1S/C16H16N4O3/c1-21-15-13(8-19-16(20-15)22-2)11-5-12(7-18-6-11)14(17)10-3-4-23-9-10/h3-9,14H,17H2,1-2H3. The molecule has 1 atom stereocenters. The average Bonchev–Trinajstić information content (AvgIpc) is 3.15. The first kappa shape index (κ1) is 15.0. The van der Waals surface area contributed by atoms with Gasteiger partial charge in [-0.3, -0.25) is 4.98 Å². The number of hydrogen-bond acceptors (Lipinski definition) is 7. The number of pyridine rings is 1. The van der Waals surface area contributed by atoms with Crippen molar-refractivity contribution >= 4 is 0 Å². The van der Waals surface area contributed by atoms with E-state index >= 15 is 0 Å². The lowest BCUT2D eigenvalue weighted by Gasteiger charge is -2.12. The Morgan fingerprint density at radius 3 is 2.70 bits per heavy atom. The largest absolute Gasteiger partial charge is 0.480 e. The molecule has 0 bridgehead atoms. The minimum absolute atomic E-state index is 0.241.